The molecule has 156 valence electrons. The van der Waals surface area contributed by atoms with Gasteiger partial charge in [0.2, 0.25) is 0 Å². The Kier molecular flexibility index (Phi) is 7.02. The molecule has 0 N–H and O–H groups in total. The molecule has 0 bridgehead atoms. The van der Waals surface area contributed by atoms with Crippen molar-refractivity contribution >= 4 is 0 Å². The Morgan fingerprint density at radius 2 is 1.60 bits per heavy atom. The van der Waals surface area contributed by atoms with Crippen molar-refractivity contribution in [2.75, 3.05) is 7.11 Å². The molecule has 0 aliphatic heterocycles. The maximum Gasteiger partial charge on any atom is 0.161 e. The van der Waals surface area contributed by atoms with Crippen LogP contribution in [-0.4, -0.2) is 18.2 Å². The first-order valence-corrected chi connectivity index (χ1v) is 11.1. The van der Waals surface area contributed by atoms with E-state index >= 15 is 0 Å². The van der Waals surface area contributed by atoms with Crippen LogP contribution in [0.2, 0.25) is 0 Å². The summed E-state index contributed by atoms with van der Waals surface area (Å²) in [5.41, 5.74) is 5.18. The van der Waals surface area contributed by atoms with Gasteiger partial charge in [-0.25, -0.2) is 0 Å². The number of rotatable bonds is 9. The lowest BCUT2D eigenvalue weighted by molar-refractivity contribution is 0.200. The molecule has 0 atom stereocenters. The molecule has 3 aromatic rings. The summed E-state index contributed by atoms with van der Waals surface area (Å²) in [6, 6.07) is 21.3. The first-order valence-electron chi connectivity index (χ1n) is 11.1. The van der Waals surface area contributed by atoms with Crippen LogP contribution in [0.15, 0.2) is 66.9 Å². The van der Waals surface area contributed by atoms with E-state index in [1.807, 2.05) is 18.3 Å². The van der Waals surface area contributed by atoms with Gasteiger partial charge < -0.3 is 9.47 Å². The lowest BCUT2D eigenvalue weighted by Gasteiger charge is -2.17. The van der Waals surface area contributed by atoms with Crippen LogP contribution in [-0.2, 0) is 25.7 Å². The number of hydrogen-bond acceptors (Lipinski definition) is 3. The zero-order chi connectivity index (χ0) is 20.6. The third kappa shape index (κ3) is 5.41. The molecule has 1 saturated carbocycles. The molecular weight excluding hydrogens is 370 g/mol. The van der Waals surface area contributed by atoms with E-state index in [1.165, 1.54) is 35.2 Å². The van der Waals surface area contributed by atoms with Crippen LogP contribution < -0.4 is 9.47 Å². The second kappa shape index (κ2) is 10.3. The fourth-order valence-corrected chi connectivity index (χ4v) is 4.26. The van der Waals surface area contributed by atoms with E-state index in [-0.39, 0.29) is 0 Å². The van der Waals surface area contributed by atoms with E-state index in [9.17, 15) is 0 Å². The van der Waals surface area contributed by atoms with Crippen LogP contribution in [0.25, 0.3) is 0 Å². The highest BCUT2D eigenvalue weighted by molar-refractivity contribution is 5.43. The van der Waals surface area contributed by atoms with Crippen LogP contribution in [0.3, 0.4) is 0 Å². The standard InChI is InChI=1S/C27H31NO2/c1-29-26-18-15-22(20-27(26)30-24-11-5-6-12-24)14-17-25-23(10-7-19-28-25)16-13-21-8-3-2-4-9-21/h2-4,7-10,15,18-20,24H,5-6,11-14,16-17H2,1H3. The van der Waals surface area contributed by atoms with Crippen molar-refractivity contribution in [2.24, 2.45) is 0 Å². The van der Waals surface area contributed by atoms with Gasteiger partial charge in [0.15, 0.2) is 11.5 Å². The monoisotopic (exact) mass is 401 g/mol. The molecule has 0 saturated heterocycles. The van der Waals surface area contributed by atoms with E-state index in [0.29, 0.717) is 6.10 Å². The molecule has 30 heavy (non-hydrogen) atoms. The summed E-state index contributed by atoms with van der Waals surface area (Å²) in [6.07, 6.45) is 11.0. The second-order valence-corrected chi connectivity index (χ2v) is 8.10. The molecule has 0 unspecified atom stereocenters. The van der Waals surface area contributed by atoms with Crippen LogP contribution in [0, 0.1) is 0 Å². The topological polar surface area (TPSA) is 31.4 Å². The summed E-state index contributed by atoms with van der Waals surface area (Å²) >= 11 is 0. The molecule has 3 nitrogen and oxygen atoms in total. The summed E-state index contributed by atoms with van der Waals surface area (Å²) in [5.74, 6) is 1.71. The molecular formula is C27H31NO2. The quantitative estimate of drug-likeness (QED) is 0.442. The molecule has 1 heterocycles. The minimum atomic E-state index is 0.328. The van der Waals surface area contributed by atoms with E-state index in [0.717, 1.165) is 50.0 Å². The molecule has 3 heteroatoms. The molecule has 1 fully saturated rings. The highest BCUT2D eigenvalue weighted by atomic mass is 16.5. The second-order valence-electron chi connectivity index (χ2n) is 8.10. The number of methoxy groups -OCH3 is 1. The maximum atomic E-state index is 6.26. The zero-order valence-electron chi connectivity index (χ0n) is 17.8. The highest BCUT2D eigenvalue weighted by Crippen LogP contribution is 2.32. The molecule has 1 aromatic heterocycles. The Balaban J connectivity index is 1.41. The summed E-state index contributed by atoms with van der Waals surface area (Å²) in [5, 5.41) is 0. The number of aromatic nitrogens is 1. The molecule has 0 radical (unpaired) electrons. The van der Waals surface area contributed by atoms with Gasteiger partial charge in [-0.3, -0.25) is 4.98 Å². The van der Waals surface area contributed by atoms with Gasteiger partial charge in [-0.2, -0.15) is 0 Å². The largest absolute Gasteiger partial charge is 0.493 e. The number of aryl methyl sites for hydroxylation is 4. The maximum absolute atomic E-state index is 6.26. The molecule has 2 aromatic carbocycles. The highest BCUT2D eigenvalue weighted by Gasteiger charge is 2.18. The Bertz CT molecular complexity index is 933. The SMILES string of the molecule is COc1ccc(CCc2ncccc2CCc2ccccc2)cc1OC1CCCC1. The number of pyridine rings is 1. The predicted molar refractivity (Wildman–Crippen MR) is 121 cm³/mol. The average Bonchev–Trinajstić information content (AvgIpc) is 3.31. The summed E-state index contributed by atoms with van der Waals surface area (Å²) < 4.78 is 11.8. The van der Waals surface area contributed by atoms with Gasteiger partial charge in [0, 0.05) is 11.9 Å². The minimum Gasteiger partial charge on any atom is -0.493 e. The van der Waals surface area contributed by atoms with Crippen molar-refractivity contribution in [3.63, 3.8) is 0 Å². The number of benzene rings is 2. The molecule has 1 aliphatic rings. The third-order valence-corrected chi connectivity index (χ3v) is 5.98. The molecule has 1 aliphatic carbocycles. The Morgan fingerprint density at radius 3 is 2.40 bits per heavy atom. The van der Waals surface area contributed by atoms with Crippen LogP contribution in [0.5, 0.6) is 11.5 Å². The van der Waals surface area contributed by atoms with E-state index in [2.05, 4.69) is 53.5 Å². The summed E-state index contributed by atoms with van der Waals surface area (Å²) in [7, 11) is 1.71. The van der Waals surface area contributed by atoms with Crippen molar-refractivity contribution in [3.8, 4) is 11.5 Å². The predicted octanol–water partition coefficient (Wildman–Crippen LogP) is 5.98. The van der Waals surface area contributed by atoms with Gasteiger partial charge >= 0.3 is 0 Å². The van der Waals surface area contributed by atoms with Crippen LogP contribution in [0.1, 0.15) is 48.1 Å². The van der Waals surface area contributed by atoms with Crippen LogP contribution >= 0.6 is 0 Å². The van der Waals surface area contributed by atoms with Crippen molar-refractivity contribution in [3.05, 3.63) is 89.2 Å². The van der Waals surface area contributed by atoms with E-state index in [1.54, 1.807) is 7.11 Å². The van der Waals surface area contributed by atoms with Gasteiger partial charge in [-0.15, -0.1) is 0 Å². The fraction of sp³-hybridized carbons (Fsp3) is 0.370. The summed E-state index contributed by atoms with van der Waals surface area (Å²) in [6.45, 7) is 0. The Hall–Kier alpha value is -2.81. The summed E-state index contributed by atoms with van der Waals surface area (Å²) in [4.78, 5) is 4.69. The van der Waals surface area contributed by atoms with Crippen molar-refractivity contribution in [1.29, 1.82) is 0 Å². The molecule has 4 rings (SSSR count). The Morgan fingerprint density at radius 1 is 0.800 bits per heavy atom. The fourth-order valence-electron chi connectivity index (χ4n) is 4.26. The smallest absolute Gasteiger partial charge is 0.161 e. The van der Waals surface area contributed by atoms with E-state index in [4.69, 9.17) is 9.47 Å². The number of hydrogen-bond donors (Lipinski definition) is 0. The number of ether oxygens (including phenoxy) is 2. The van der Waals surface area contributed by atoms with Gasteiger partial charge in [-0.1, -0.05) is 42.5 Å². The van der Waals surface area contributed by atoms with Gasteiger partial charge in [0.05, 0.1) is 13.2 Å². The normalized spacial score (nSPS) is 14.0. The van der Waals surface area contributed by atoms with Gasteiger partial charge in [0.25, 0.3) is 0 Å². The lowest BCUT2D eigenvalue weighted by atomic mass is 9.99. The van der Waals surface area contributed by atoms with Gasteiger partial charge in [-0.05, 0) is 86.3 Å². The van der Waals surface area contributed by atoms with Crippen molar-refractivity contribution < 1.29 is 9.47 Å². The van der Waals surface area contributed by atoms with Gasteiger partial charge in [0.1, 0.15) is 0 Å². The van der Waals surface area contributed by atoms with Crippen molar-refractivity contribution in [1.82, 2.24) is 4.98 Å². The minimum absolute atomic E-state index is 0.328. The Labute approximate surface area is 180 Å². The first-order chi connectivity index (χ1) is 14.8. The number of nitrogens with zero attached hydrogens (tertiary/aromatic N) is 1. The van der Waals surface area contributed by atoms with E-state index < -0.39 is 0 Å². The molecule has 0 spiro atoms. The average molecular weight is 402 g/mol. The lowest BCUT2D eigenvalue weighted by Crippen LogP contribution is -2.12. The van der Waals surface area contributed by atoms with Crippen LogP contribution in [0.4, 0.5) is 0 Å². The van der Waals surface area contributed by atoms with Crippen molar-refractivity contribution in [2.45, 2.75) is 57.5 Å². The molecule has 0 amide bonds. The third-order valence-electron chi connectivity index (χ3n) is 5.98. The first kappa shape index (κ1) is 20.5. The zero-order valence-corrected chi connectivity index (χ0v) is 17.8.